The Morgan fingerprint density at radius 2 is 1.86 bits per heavy atom. The van der Waals surface area contributed by atoms with Crippen LogP contribution in [0.15, 0.2) is 18.2 Å². The predicted molar refractivity (Wildman–Crippen MR) is 92.3 cm³/mol. The standard InChI is InChI=1S/C18H31N3/c1-5-19-13-15(2)14-20-9-11-21(12-10-20)18-8-6-7-16(3)17(18)4/h6-8,15,19H,5,9-14H2,1-4H3. The van der Waals surface area contributed by atoms with E-state index in [9.17, 15) is 0 Å². The van der Waals surface area contributed by atoms with Crippen LogP contribution in [-0.2, 0) is 0 Å². The summed E-state index contributed by atoms with van der Waals surface area (Å²) in [6, 6.07) is 6.66. The number of hydrogen-bond acceptors (Lipinski definition) is 3. The average molecular weight is 289 g/mol. The van der Waals surface area contributed by atoms with Gasteiger partial charge in [-0.15, -0.1) is 0 Å². The fourth-order valence-electron chi connectivity index (χ4n) is 3.15. The number of aryl methyl sites for hydroxylation is 1. The first kappa shape index (κ1) is 16.3. The maximum absolute atomic E-state index is 3.45. The summed E-state index contributed by atoms with van der Waals surface area (Å²) in [5.74, 6) is 0.734. The van der Waals surface area contributed by atoms with Crippen LogP contribution in [0.5, 0.6) is 0 Å². The third kappa shape index (κ3) is 4.45. The molecular formula is C18H31N3. The van der Waals surface area contributed by atoms with E-state index in [0.29, 0.717) is 0 Å². The number of benzene rings is 1. The average Bonchev–Trinajstić information content (AvgIpc) is 2.49. The Kier molecular flexibility index (Phi) is 6.07. The summed E-state index contributed by atoms with van der Waals surface area (Å²) in [6.07, 6.45) is 0. The molecule has 0 radical (unpaired) electrons. The van der Waals surface area contributed by atoms with E-state index in [0.717, 1.165) is 32.1 Å². The molecule has 1 saturated heterocycles. The molecule has 1 N–H and O–H groups in total. The van der Waals surface area contributed by atoms with Gasteiger partial charge in [-0.25, -0.2) is 0 Å². The molecule has 1 aliphatic heterocycles. The van der Waals surface area contributed by atoms with Gasteiger partial charge in [-0.3, -0.25) is 4.90 Å². The fourth-order valence-corrected chi connectivity index (χ4v) is 3.15. The van der Waals surface area contributed by atoms with Crippen molar-refractivity contribution in [2.45, 2.75) is 27.7 Å². The minimum atomic E-state index is 0.734. The Morgan fingerprint density at radius 1 is 1.14 bits per heavy atom. The van der Waals surface area contributed by atoms with Crippen molar-refractivity contribution < 1.29 is 0 Å². The second-order valence-electron chi connectivity index (χ2n) is 6.42. The number of hydrogen-bond donors (Lipinski definition) is 1. The zero-order valence-electron chi connectivity index (χ0n) is 14.2. The second kappa shape index (κ2) is 7.81. The van der Waals surface area contributed by atoms with Crippen molar-refractivity contribution in [3.8, 4) is 0 Å². The third-order valence-corrected chi connectivity index (χ3v) is 4.60. The molecule has 1 heterocycles. The first-order valence-electron chi connectivity index (χ1n) is 8.36. The topological polar surface area (TPSA) is 18.5 Å². The van der Waals surface area contributed by atoms with Crippen molar-refractivity contribution in [3.05, 3.63) is 29.3 Å². The molecule has 0 bridgehead atoms. The molecule has 0 amide bonds. The van der Waals surface area contributed by atoms with Gasteiger partial charge in [0.05, 0.1) is 0 Å². The van der Waals surface area contributed by atoms with E-state index in [4.69, 9.17) is 0 Å². The van der Waals surface area contributed by atoms with E-state index in [1.165, 1.54) is 36.4 Å². The van der Waals surface area contributed by atoms with E-state index in [-0.39, 0.29) is 0 Å². The van der Waals surface area contributed by atoms with E-state index in [1.807, 2.05) is 0 Å². The molecule has 1 aromatic carbocycles. The molecule has 1 aromatic rings. The maximum Gasteiger partial charge on any atom is 0.0399 e. The minimum absolute atomic E-state index is 0.734. The van der Waals surface area contributed by atoms with Gasteiger partial charge < -0.3 is 10.2 Å². The molecule has 21 heavy (non-hydrogen) atoms. The van der Waals surface area contributed by atoms with Crippen molar-refractivity contribution in [1.82, 2.24) is 10.2 Å². The lowest BCUT2D eigenvalue weighted by Gasteiger charge is -2.38. The molecule has 2 rings (SSSR count). The molecule has 1 aliphatic rings. The number of rotatable bonds is 6. The van der Waals surface area contributed by atoms with Crippen LogP contribution in [0.3, 0.4) is 0 Å². The summed E-state index contributed by atoms with van der Waals surface area (Å²) in [6.45, 7) is 17.1. The van der Waals surface area contributed by atoms with Crippen molar-refractivity contribution in [2.24, 2.45) is 5.92 Å². The molecule has 0 aromatic heterocycles. The molecule has 3 nitrogen and oxygen atoms in total. The van der Waals surface area contributed by atoms with Crippen LogP contribution in [-0.4, -0.2) is 50.7 Å². The number of anilines is 1. The van der Waals surface area contributed by atoms with E-state index in [1.54, 1.807) is 0 Å². The Morgan fingerprint density at radius 3 is 2.52 bits per heavy atom. The predicted octanol–water partition coefficient (Wildman–Crippen LogP) is 2.67. The SMILES string of the molecule is CCNCC(C)CN1CCN(c2cccc(C)c2C)CC1. The number of piperazine rings is 1. The highest BCUT2D eigenvalue weighted by molar-refractivity contribution is 5.56. The van der Waals surface area contributed by atoms with Gasteiger partial charge in [-0.05, 0) is 50.0 Å². The Bertz CT molecular complexity index is 436. The first-order chi connectivity index (χ1) is 10.1. The Labute approximate surface area is 130 Å². The molecule has 0 spiro atoms. The number of nitrogens with zero attached hydrogens (tertiary/aromatic N) is 2. The van der Waals surface area contributed by atoms with Crippen molar-refractivity contribution in [1.29, 1.82) is 0 Å². The molecule has 0 saturated carbocycles. The van der Waals surface area contributed by atoms with Crippen LogP contribution in [0.2, 0.25) is 0 Å². The Hall–Kier alpha value is -1.06. The van der Waals surface area contributed by atoms with Crippen LogP contribution in [0.4, 0.5) is 5.69 Å². The van der Waals surface area contributed by atoms with Gasteiger partial charge in [0.15, 0.2) is 0 Å². The Balaban J connectivity index is 1.84. The van der Waals surface area contributed by atoms with Crippen LogP contribution in [0.25, 0.3) is 0 Å². The lowest BCUT2D eigenvalue weighted by Crippen LogP contribution is -2.48. The molecular weight excluding hydrogens is 258 g/mol. The maximum atomic E-state index is 3.45. The fraction of sp³-hybridized carbons (Fsp3) is 0.667. The molecule has 1 atom stereocenters. The highest BCUT2D eigenvalue weighted by Gasteiger charge is 2.19. The van der Waals surface area contributed by atoms with Crippen LogP contribution in [0, 0.1) is 19.8 Å². The lowest BCUT2D eigenvalue weighted by atomic mass is 10.1. The van der Waals surface area contributed by atoms with Gasteiger partial charge >= 0.3 is 0 Å². The van der Waals surface area contributed by atoms with Gasteiger partial charge in [0, 0.05) is 38.4 Å². The van der Waals surface area contributed by atoms with Crippen LogP contribution < -0.4 is 10.2 Å². The summed E-state index contributed by atoms with van der Waals surface area (Å²) in [5.41, 5.74) is 4.26. The second-order valence-corrected chi connectivity index (χ2v) is 6.42. The third-order valence-electron chi connectivity index (χ3n) is 4.60. The van der Waals surface area contributed by atoms with E-state index >= 15 is 0 Å². The smallest absolute Gasteiger partial charge is 0.0399 e. The molecule has 3 heteroatoms. The summed E-state index contributed by atoms with van der Waals surface area (Å²) in [4.78, 5) is 5.16. The van der Waals surface area contributed by atoms with Crippen LogP contribution >= 0.6 is 0 Å². The molecule has 1 unspecified atom stereocenters. The van der Waals surface area contributed by atoms with Gasteiger partial charge in [0.2, 0.25) is 0 Å². The van der Waals surface area contributed by atoms with Gasteiger partial charge in [-0.2, -0.15) is 0 Å². The van der Waals surface area contributed by atoms with Gasteiger partial charge in [0.1, 0.15) is 0 Å². The van der Waals surface area contributed by atoms with Crippen molar-refractivity contribution in [2.75, 3.05) is 50.7 Å². The molecule has 0 aliphatic carbocycles. The highest BCUT2D eigenvalue weighted by Crippen LogP contribution is 2.23. The van der Waals surface area contributed by atoms with Gasteiger partial charge in [0.25, 0.3) is 0 Å². The van der Waals surface area contributed by atoms with E-state index in [2.05, 4.69) is 61.0 Å². The zero-order chi connectivity index (χ0) is 15.2. The highest BCUT2D eigenvalue weighted by atomic mass is 15.3. The van der Waals surface area contributed by atoms with Crippen LogP contribution in [0.1, 0.15) is 25.0 Å². The number of nitrogens with one attached hydrogen (secondary N) is 1. The summed E-state index contributed by atoms with van der Waals surface area (Å²) < 4.78 is 0. The largest absolute Gasteiger partial charge is 0.369 e. The molecule has 118 valence electrons. The van der Waals surface area contributed by atoms with E-state index < -0.39 is 0 Å². The van der Waals surface area contributed by atoms with Crippen molar-refractivity contribution >= 4 is 5.69 Å². The van der Waals surface area contributed by atoms with Crippen molar-refractivity contribution in [3.63, 3.8) is 0 Å². The quantitative estimate of drug-likeness (QED) is 0.868. The summed E-state index contributed by atoms with van der Waals surface area (Å²) in [5, 5.41) is 3.45. The monoisotopic (exact) mass is 289 g/mol. The summed E-state index contributed by atoms with van der Waals surface area (Å²) in [7, 11) is 0. The molecule has 1 fully saturated rings. The lowest BCUT2D eigenvalue weighted by molar-refractivity contribution is 0.223. The summed E-state index contributed by atoms with van der Waals surface area (Å²) >= 11 is 0. The normalized spacial score (nSPS) is 18.0. The minimum Gasteiger partial charge on any atom is -0.369 e. The van der Waals surface area contributed by atoms with Gasteiger partial charge in [-0.1, -0.05) is 26.0 Å². The zero-order valence-corrected chi connectivity index (χ0v) is 14.2. The first-order valence-corrected chi connectivity index (χ1v) is 8.36.